The molecule has 1 aliphatic carbocycles. The van der Waals surface area contributed by atoms with E-state index < -0.39 is 12.1 Å². The third-order valence-corrected chi connectivity index (χ3v) is 4.29. The number of carbonyl (C=O) groups is 2. The topological polar surface area (TPSA) is 74.1 Å². The second-order valence-electron chi connectivity index (χ2n) is 6.14. The first-order chi connectivity index (χ1) is 10.9. The Balaban J connectivity index is 2.04. The zero-order valence-corrected chi connectivity index (χ0v) is 13.9. The van der Waals surface area contributed by atoms with Crippen molar-refractivity contribution in [1.82, 2.24) is 14.8 Å². The Morgan fingerprint density at radius 3 is 2.74 bits per heavy atom. The maximum absolute atomic E-state index is 12.6. The molecule has 0 unspecified atom stereocenters. The van der Waals surface area contributed by atoms with Crippen LogP contribution in [0.4, 0.5) is 0 Å². The van der Waals surface area contributed by atoms with Crippen molar-refractivity contribution in [3.8, 4) is 0 Å². The number of ether oxygens (including phenoxy) is 1. The lowest BCUT2D eigenvalue weighted by molar-refractivity contribution is -0.126. The van der Waals surface area contributed by atoms with Gasteiger partial charge in [-0.3, -0.25) is 9.48 Å². The van der Waals surface area contributed by atoms with Gasteiger partial charge in [-0.15, -0.1) is 0 Å². The fourth-order valence-electron chi connectivity index (χ4n) is 2.79. The van der Waals surface area contributed by atoms with E-state index in [4.69, 9.17) is 4.74 Å². The first kappa shape index (κ1) is 15.6. The van der Waals surface area contributed by atoms with Crippen molar-refractivity contribution in [2.75, 3.05) is 0 Å². The molecule has 2 aromatic heterocycles. The van der Waals surface area contributed by atoms with Gasteiger partial charge in [0, 0.05) is 25.1 Å². The molecule has 0 bridgehead atoms. The van der Waals surface area contributed by atoms with Gasteiger partial charge < -0.3 is 4.74 Å². The van der Waals surface area contributed by atoms with E-state index in [1.165, 1.54) is 0 Å². The summed E-state index contributed by atoms with van der Waals surface area (Å²) in [5.41, 5.74) is 2.78. The molecule has 0 saturated heterocycles. The SMILES string of the molecule is CCC(=O)[C@H](C)OC(=O)c1cc(C2CC2)nc2c1c(C)nn2C. The minimum atomic E-state index is -0.739. The average molecular weight is 315 g/mol. The molecule has 1 saturated carbocycles. The zero-order valence-electron chi connectivity index (χ0n) is 13.9. The summed E-state index contributed by atoms with van der Waals surface area (Å²) in [5.74, 6) is -0.158. The predicted molar refractivity (Wildman–Crippen MR) is 85.4 cm³/mol. The number of esters is 1. The van der Waals surface area contributed by atoms with Crippen LogP contribution < -0.4 is 0 Å². The van der Waals surface area contributed by atoms with Crippen molar-refractivity contribution in [1.29, 1.82) is 0 Å². The van der Waals surface area contributed by atoms with Crippen molar-refractivity contribution in [2.24, 2.45) is 7.05 Å². The number of nitrogens with zero attached hydrogens (tertiary/aromatic N) is 3. The third-order valence-electron chi connectivity index (χ3n) is 4.29. The Morgan fingerprint density at radius 2 is 2.13 bits per heavy atom. The van der Waals surface area contributed by atoms with Gasteiger partial charge >= 0.3 is 5.97 Å². The van der Waals surface area contributed by atoms with Crippen molar-refractivity contribution < 1.29 is 14.3 Å². The molecule has 0 amide bonds. The van der Waals surface area contributed by atoms with Crippen LogP contribution in [0.1, 0.15) is 60.8 Å². The number of pyridine rings is 1. The summed E-state index contributed by atoms with van der Waals surface area (Å²) >= 11 is 0. The molecule has 1 atom stereocenters. The number of rotatable bonds is 5. The second-order valence-corrected chi connectivity index (χ2v) is 6.14. The quantitative estimate of drug-likeness (QED) is 0.793. The molecule has 6 nitrogen and oxygen atoms in total. The molecule has 2 heterocycles. The summed E-state index contributed by atoms with van der Waals surface area (Å²) in [6, 6.07) is 1.81. The predicted octanol–water partition coefficient (Wildman–Crippen LogP) is 2.68. The van der Waals surface area contributed by atoms with Crippen LogP contribution >= 0.6 is 0 Å². The van der Waals surface area contributed by atoms with Crippen LogP contribution in [-0.4, -0.2) is 32.6 Å². The number of fused-ring (bicyclic) bond motifs is 1. The molecule has 0 aromatic carbocycles. The van der Waals surface area contributed by atoms with Gasteiger partial charge in [-0.25, -0.2) is 9.78 Å². The molecule has 0 aliphatic heterocycles. The highest BCUT2D eigenvalue weighted by molar-refractivity contribution is 6.04. The van der Waals surface area contributed by atoms with E-state index in [1.807, 2.05) is 14.0 Å². The van der Waals surface area contributed by atoms with E-state index in [2.05, 4.69) is 10.1 Å². The highest BCUT2D eigenvalue weighted by Crippen LogP contribution is 2.40. The number of hydrogen-bond acceptors (Lipinski definition) is 5. The summed E-state index contributed by atoms with van der Waals surface area (Å²) in [7, 11) is 1.82. The molecular weight excluding hydrogens is 294 g/mol. The van der Waals surface area contributed by atoms with Gasteiger partial charge in [-0.2, -0.15) is 5.10 Å². The van der Waals surface area contributed by atoms with Crippen LogP contribution in [0, 0.1) is 6.92 Å². The number of aryl methyl sites for hydroxylation is 2. The van der Waals surface area contributed by atoms with Crippen LogP contribution in [-0.2, 0) is 16.6 Å². The van der Waals surface area contributed by atoms with E-state index in [9.17, 15) is 9.59 Å². The molecule has 1 fully saturated rings. The first-order valence-corrected chi connectivity index (χ1v) is 8.00. The monoisotopic (exact) mass is 315 g/mol. The highest BCUT2D eigenvalue weighted by atomic mass is 16.5. The Labute approximate surface area is 134 Å². The standard InChI is InChI=1S/C17H21N3O3/c1-5-14(21)10(3)23-17(22)12-8-13(11-6-7-11)18-16-15(12)9(2)19-20(16)4/h8,10-11H,5-7H2,1-4H3/t10-/m0/s1. The summed E-state index contributed by atoms with van der Waals surface area (Å²) < 4.78 is 7.05. The molecule has 3 rings (SSSR count). The fraction of sp³-hybridized carbons (Fsp3) is 0.529. The zero-order chi connectivity index (χ0) is 16.7. The van der Waals surface area contributed by atoms with Crippen molar-refractivity contribution >= 4 is 22.8 Å². The van der Waals surface area contributed by atoms with Gasteiger partial charge in [0.25, 0.3) is 0 Å². The maximum atomic E-state index is 12.6. The Kier molecular flexibility index (Phi) is 3.92. The molecule has 122 valence electrons. The minimum Gasteiger partial charge on any atom is -0.451 e. The molecule has 23 heavy (non-hydrogen) atoms. The van der Waals surface area contributed by atoms with E-state index in [1.54, 1.807) is 24.6 Å². The average Bonchev–Trinajstić information content (AvgIpc) is 3.33. The second kappa shape index (κ2) is 5.76. The van der Waals surface area contributed by atoms with Gasteiger partial charge in [-0.05, 0) is 32.8 Å². The highest BCUT2D eigenvalue weighted by Gasteiger charge is 2.29. The van der Waals surface area contributed by atoms with E-state index >= 15 is 0 Å². The van der Waals surface area contributed by atoms with E-state index in [-0.39, 0.29) is 5.78 Å². The van der Waals surface area contributed by atoms with Crippen molar-refractivity contribution in [3.63, 3.8) is 0 Å². The Morgan fingerprint density at radius 1 is 1.43 bits per heavy atom. The summed E-state index contributed by atoms with van der Waals surface area (Å²) in [4.78, 5) is 29.0. The summed E-state index contributed by atoms with van der Waals surface area (Å²) in [5, 5.41) is 5.07. The van der Waals surface area contributed by atoms with Crippen LogP contribution in [0.25, 0.3) is 11.0 Å². The van der Waals surface area contributed by atoms with Crippen LogP contribution in [0.3, 0.4) is 0 Å². The van der Waals surface area contributed by atoms with Crippen LogP contribution in [0.15, 0.2) is 6.07 Å². The van der Waals surface area contributed by atoms with E-state index in [0.29, 0.717) is 28.9 Å². The fourth-order valence-corrected chi connectivity index (χ4v) is 2.79. The van der Waals surface area contributed by atoms with Gasteiger partial charge in [0.05, 0.1) is 16.6 Å². The Bertz CT molecular complexity index is 790. The largest absolute Gasteiger partial charge is 0.451 e. The number of ketones is 1. The normalized spacial score (nSPS) is 15.7. The number of Topliss-reactive ketones (excluding diaryl/α,β-unsaturated/α-hetero) is 1. The van der Waals surface area contributed by atoms with Crippen LogP contribution in [0.5, 0.6) is 0 Å². The Hall–Kier alpha value is -2.24. The van der Waals surface area contributed by atoms with Crippen molar-refractivity contribution in [3.05, 3.63) is 23.0 Å². The van der Waals surface area contributed by atoms with Crippen LogP contribution in [0.2, 0.25) is 0 Å². The number of hydrogen-bond donors (Lipinski definition) is 0. The first-order valence-electron chi connectivity index (χ1n) is 8.00. The lowest BCUT2D eigenvalue weighted by atomic mass is 10.1. The lowest BCUT2D eigenvalue weighted by Gasteiger charge is -2.12. The summed E-state index contributed by atoms with van der Waals surface area (Å²) in [6.07, 6.45) is 1.79. The molecule has 6 heteroatoms. The van der Waals surface area contributed by atoms with E-state index in [0.717, 1.165) is 24.2 Å². The summed E-state index contributed by atoms with van der Waals surface area (Å²) in [6.45, 7) is 5.21. The molecule has 2 aromatic rings. The number of aromatic nitrogens is 3. The van der Waals surface area contributed by atoms with Crippen molar-refractivity contribution in [2.45, 2.75) is 52.1 Å². The van der Waals surface area contributed by atoms with Gasteiger partial charge in [0.15, 0.2) is 17.5 Å². The third kappa shape index (κ3) is 2.85. The maximum Gasteiger partial charge on any atom is 0.339 e. The number of carbonyl (C=O) groups excluding carboxylic acids is 2. The molecule has 0 radical (unpaired) electrons. The lowest BCUT2D eigenvalue weighted by Crippen LogP contribution is -2.23. The molecule has 1 aliphatic rings. The van der Waals surface area contributed by atoms with Gasteiger partial charge in [-0.1, -0.05) is 6.92 Å². The minimum absolute atomic E-state index is 0.0889. The smallest absolute Gasteiger partial charge is 0.339 e. The molecule has 0 N–H and O–H groups in total. The molecule has 0 spiro atoms. The van der Waals surface area contributed by atoms with Gasteiger partial charge in [0.1, 0.15) is 0 Å². The molecular formula is C17H21N3O3. The van der Waals surface area contributed by atoms with Gasteiger partial charge in [0.2, 0.25) is 0 Å².